The summed E-state index contributed by atoms with van der Waals surface area (Å²) in [5, 5.41) is 7.89. The molecule has 0 saturated carbocycles. The minimum Gasteiger partial charge on any atom is -0.383 e. The molecule has 0 aliphatic carbocycles. The molecule has 0 fully saturated rings. The number of rotatable bonds is 8. The van der Waals surface area contributed by atoms with E-state index in [9.17, 15) is 0 Å². The molecule has 1 N–H and O–H groups in total. The molecule has 5 heteroatoms. The van der Waals surface area contributed by atoms with Crippen LogP contribution in [0.4, 0.5) is 0 Å². The van der Waals surface area contributed by atoms with Gasteiger partial charge in [-0.2, -0.15) is 5.10 Å². The lowest BCUT2D eigenvalue weighted by atomic mass is 10.1. The average molecular weight is 254 g/mol. The summed E-state index contributed by atoms with van der Waals surface area (Å²) in [5.41, 5.74) is 2.38. The number of nitrogens with one attached hydrogen (secondary N) is 1. The molecule has 1 heterocycles. The lowest BCUT2D eigenvalue weighted by molar-refractivity contribution is 0.161. The quantitative estimate of drug-likeness (QED) is 0.750. The molecule has 18 heavy (non-hydrogen) atoms. The zero-order chi connectivity index (χ0) is 13.5. The molecule has 0 bridgehead atoms. The summed E-state index contributed by atoms with van der Waals surface area (Å²) in [7, 11) is 5.81. The second-order valence-electron chi connectivity index (χ2n) is 4.82. The Morgan fingerprint density at radius 3 is 2.78 bits per heavy atom. The van der Waals surface area contributed by atoms with Gasteiger partial charge in [0.25, 0.3) is 0 Å². The molecule has 0 saturated heterocycles. The molecule has 1 unspecified atom stereocenters. The number of methoxy groups -OCH3 is 1. The molecule has 0 radical (unpaired) electrons. The van der Waals surface area contributed by atoms with Crippen LogP contribution in [0.3, 0.4) is 0 Å². The molecule has 1 atom stereocenters. The first-order valence-electron chi connectivity index (χ1n) is 6.45. The van der Waals surface area contributed by atoms with Crippen LogP contribution in [0, 0.1) is 6.92 Å². The Hall–Kier alpha value is -0.910. The lowest BCUT2D eigenvalue weighted by Gasteiger charge is -2.18. The predicted molar refractivity (Wildman–Crippen MR) is 73.7 cm³/mol. The highest BCUT2D eigenvalue weighted by atomic mass is 16.5. The van der Waals surface area contributed by atoms with Gasteiger partial charge < -0.3 is 15.0 Å². The van der Waals surface area contributed by atoms with Crippen molar-refractivity contribution in [1.29, 1.82) is 0 Å². The topological polar surface area (TPSA) is 42.3 Å². The van der Waals surface area contributed by atoms with E-state index in [1.807, 2.05) is 11.7 Å². The van der Waals surface area contributed by atoms with Crippen molar-refractivity contribution in [3.8, 4) is 0 Å². The van der Waals surface area contributed by atoms with Gasteiger partial charge in [-0.3, -0.25) is 4.68 Å². The summed E-state index contributed by atoms with van der Waals surface area (Å²) >= 11 is 0. The van der Waals surface area contributed by atoms with E-state index in [1.54, 1.807) is 7.11 Å². The third kappa shape index (κ3) is 4.76. The number of hydrogen-bond donors (Lipinski definition) is 1. The Balaban J connectivity index is 2.29. The van der Waals surface area contributed by atoms with Crippen LogP contribution < -0.4 is 5.32 Å². The van der Waals surface area contributed by atoms with Gasteiger partial charge in [-0.1, -0.05) is 0 Å². The zero-order valence-corrected chi connectivity index (χ0v) is 12.2. The molecule has 1 aromatic rings. The van der Waals surface area contributed by atoms with Crippen LogP contribution in [0.25, 0.3) is 0 Å². The third-order valence-electron chi connectivity index (χ3n) is 3.14. The van der Waals surface area contributed by atoms with Crippen molar-refractivity contribution in [3.63, 3.8) is 0 Å². The first-order valence-corrected chi connectivity index (χ1v) is 6.45. The van der Waals surface area contributed by atoms with Crippen LogP contribution in [0.5, 0.6) is 0 Å². The van der Waals surface area contributed by atoms with Crippen LogP contribution in [-0.4, -0.2) is 55.1 Å². The van der Waals surface area contributed by atoms with Crippen LogP contribution in [0.15, 0.2) is 6.20 Å². The molecular formula is C13H26N4O. The van der Waals surface area contributed by atoms with Gasteiger partial charge in [0, 0.05) is 51.6 Å². The molecule has 0 amide bonds. The SMILES string of the molecule is COCCN(C)CCNC(C)c1cn(C)nc1C. The van der Waals surface area contributed by atoms with E-state index in [4.69, 9.17) is 4.74 Å². The van der Waals surface area contributed by atoms with E-state index in [0.29, 0.717) is 6.04 Å². The number of ether oxygens (including phenoxy) is 1. The summed E-state index contributed by atoms with van der Waals surface area (Å²) in [5.74, 6) is 0. The lowest BCUT2D eigenvalue weighted by Crippen LogP contribution is -2.32. The molecular weight excluding hydrogens is 228 g/mol. The number of hydrogen-bond acceptors (Lipinski definition) is 4. The minimum absolute atomic E-state index is 0.342. The van der Waals surface area contributed by atoms with Crippen molar-refractivity contribution < 1.29 is 4.74 Å². The van der Waals surface area contributed by atoms with Crippen molar-refractivity contribution in [2.24, 2.45) is 7.05 Å². The van der Waals surface area contributed by atoms with E-state index < -0.39 is 0 Å². The summed E-state index contributed by atoms with van der Waals surface area (Å²) in [6, 6.07) is 0.342. The van der Waals surface area contributed by atoms with Crippen LogP contribution in [0.1, 0.15) is 24.2 Å². The highest BCUT2D eigenvalue weighted by Gasteiger charge is 2.10. The summed E-state index contributed by atoms with van der Waals surface area (Å²) in [6.07, 6.45) is 2.08. The maximum atomic E-state index is 5.05. The number of nitrogens with zero attached hydrogens (tertiary/aromatic N) is 3. The van der Waals surface area contributed by atoms with Crippen LogP contribution >= 0.6 is 0 Å². The van der Waals surface area contributed by atoms with Crippen LogP contribution in [-0.2, 0) is 11.8 Å². The molecule has 1 aromatic heterocycles. The van der Waals surface area contributed by atoms with E-state index in [0.717, 1.165) is 31.9 Å². The van der Waals surface area contributed by atoms with Gasteiger partial charge in [0.1, 0.15) is 0 Å². The van der Waals surface area contributed by atoms with Crippen molar-refractivity contribution in [3.05, 3.63) is 17.5 Å². The maximum Gasteiger partial charge on any atom is 0.0641 e. The average Bonchev–Trinajstić information content (AvgIpc) is 2.65. The number of aryl methyl sites for hydroxylation is 2. The third-order valence-corrected chi connectivity index (χ3v) is 3.14. The number of likely N-dealkylation sites (N-methyl/N-ethyl adjacent to an activating group) is 1. The van der Waals surface area contributed by atoms with Crippen molar-refractivity contribution in [2.45, 2.75) is 19.9 Å². The standard InChI is InChI=1S/C13H26N4O/c1-11(13-10-17(4)15-12(13)2)14-6-7-16(3)8-9-18-5/h10-11,14H,6-9H2,1-5H3. The monoisotopic (exact) mass is 254 g/mol. The molecule has 0 aliphatic rings. The zero-order valence-electron chi connectivity index (χ0n) is 12.2. The highest BCUT2D eigenvalue weighted by molar-refractivity contribution is 5.19. The van der Waals surface area contributed by atoms with Crippen molar-refractivity contribution in [2.75, 3.05) is 40.4 Å². The number of aromatic nitrogens is 2. The molecule has 0 spiro atoms. The molecule has 5 nitrogen and oxygen atoms in total. The first-order chi connectivity index (χ1) is 8.54. The Labute approximate surface area is 110 Å². The van der Waals surface area contributed by atoms with E-state index >= 15 is 0 Å². The molecule has 0 aromatic carbocycles. The molecule has 0 aliphatic heterocycles. The van der Waals surface area contributed by atoms with Gasteiger partial charge in [-0.15, -0.1) is 0 Å². The second-order valence-corrected chi connectivity index (χ2v) is 4.82. The predicted octanol–water partition coefficient (Wildman–Crippen LogP) is 0.957. The second kappa shape index (κ2) is 7.51. The van der Waals surface area contributed by atoms with Crippen LogP contribution in [0.2, 0.25) is 0 Å². The molecule has 1 rings (SSSR count). The van der Waals surface area contributed by atoms with Crippen molar-refractivity contribution in [1.82, 2.24) is 20.0 Å². The Morgan fingerprint density at radius 1 is 1.50 bits per heavy atom. The van der Waals surface area contributed by atoms with Gasteiger partial charge in [0.15, 0.2) is 0 Å². The van der Waals surface area contributed by atoms with Crippen molar-refractivity contribution >= 4 is 0 Å². The fourth-order valence-electron chi connectivity index (χ4n) is 1.98. The Bertz CT molecular complexity index is 351. The van der Waals surface area contributed by atoms with E-state index in [-0.39, 0.29) is 0 Å². The minimum atomic E-state index is 0.342. The van der Waals surface area contributed by atoms with Gasteiger partial charge in [-0.25, -0.2) is 0 Å². The maximum absolute atomic E-state index is 5.05. The largest absolute Gasteiger partial charge is 0.383 e. The summed E-state index contributed by atoms with van der Waals surface area (Å²) in [6.45, 7) is 7.98. The highest BCUT2D eigenvalue weighted by Crippen LogP contribution is 2.14. The fraction of sp³-hybridized carbons (Fsp3) is 0.769. The Kier molecular flexibility index (Phi) is 6.32. The summed E-state index contributed by atoms with van der Waals surface area (Å²) in [4.78, 5) is 2.26. The fourth-order valence-corrected chi connectivity index (χ4v) is 1.98. The van der Waals surface area contributed by atoms with E-state index in [2.05, 4.69) is 42.4 Å². The van der Waals surface area contributed by atoms with Gasteiger partial charge in [-0.05, 0) is 20.9 Å². The van der Waals surface area contributed by atoms with Gasteiger partial charge >= 0.3 is 0 Å². The van der Waals surface area contributed by atoms with Gasteiger partial charge in [0.05, 0.1) is 12.3 Å². The molecule has 104 valence electrons. The van der Waals surface area contributed by atoms with E-state index in [1.165, 1.54) is 5.56 Å². The summed E-state index contributed by atoms with van der Waals surface area (Å²) < 4.78 is 6.92. The Morgan fingerprint density at radius 2 is 2.22 bits per heavy atom. The normalized spacial score (nSPS) is 13.2. The smallest absolute Gasteiger partial charge is 0.0641 e. The van der Waals surface area contributed by atoms with Gasteiger partial charge in [0.2, 0.25) is 0 Å². The first kappa shape index (κ1) is 15.1.